The molecule has 1 aromatic heterocycles. The van der Waals surface area contributed by atoms with Gasteiger partial charge in [0, 0.05) is 41.4 Å². The zero-order valence-corrected chi connectivity index (χ0v) is 10.6. The van der Waals surface area contributed by atoms with Gasteiger partial charge in [0.1, 0.15) is 1.41 Å². The van der Waals surface area contributed by atoms with Gasteiger partial charge in [-0.2, -0.15) is 0 Å². The molecular weight excluding hydrogens is 274 g/mol. The molecule has 0 aliphatic heterocycles. The standard InChI is InChI=1S/C14H21N3O2S/c1-15-20(18,19)10-11-4-5-14-13(8-11)12(9-16-14)6-7-17(2)3/h4-5,8-9,15-16H,6-7,10H2,1-3H3/i1D3,2D3,3D3,4D,5D,6D2,8D,9D,10D2/hD2. The van der Waals surface area contributed by atoms with Gasteiger partial charge in [0.2, 0.25) is 10.0 Å². The number of H-pyrrole nitrogens is 1. The Labute approximate surface area is 146 Å². The predicted molar refractivity (Wildman–Crippen MR) is 82.2 cm³/mol. The number of hydrogen-bond acceptors (Lipinski definition) is 3. The summed E-state index contributed by atoms with van der Waals surface area (Å²) in [6.45, 7) is -12.1. The maximum absolute atomic E-state index is 12.8. The van der Waals surface area contributed by atoms with Gasteiger partial charge >= 0.3 is 0 Å². The summed E-state index contributed by atoms with van der Waals surface area (Å²) in [7, 11) is -5.89. The molecule has 0 atom stereocenters. The van der Waals surface area contributed by atoms with Crippen LogP contribution in [0.3, 0.4) is 0 Å². The minimum atomic E-state index is -5.89. The molecule has 0 unspecified atom stereocenters. The first-order chi connectivity index (χ1) is 17.0. The Balaban J connectivity index is 3.04. The van der Waals surface area contributed by atoms with E-state index in [-0.39, 0.29) is 9.88 Å². The molecule has 0 saturated carbocycles. The van der Waals surface area contributed by atoms with Gasteiger partial charge in [-0.3, -0.25) is 0 Å². The average Bonchev–Trinajstić information content (AvgIpc) is 2.99. The van der Waals surface area contributed by atoms with Crippen LogP contribution in [0.4, 0.5) is 0 Å². The second-order valence-corrected chi connectivity index (χ2v) is 4.84. The number of fused-ring (bicyclic) bond motifs is 1. The van der Waals surface area contributed by atoms with Crippen LogP contribution >= 0.6 is 0 Å². The summed E-state index contributed by atoms with van der Waals surface area (Å²) in [5.74, 6) is 0. The number of rotatable bonds is 6. The second kappa shape index (κ2) is 5.95. The molecule has 0 spiro atoms. The van der Waals surface area contributed by atoms with Crippen molar-refractivity contribution < 1.29 is 34.5 Å². The summed E-state index contributed by atoms with van der Waals surface area (Å²) in [6.07, 6.45) is -4.38. The third-order valence-electron chi connectivity index (χ3n) is 2.09. The monoisotopic (exact) mass is 314 g/mol. The minimum absolute atomic E-state index is 0.0446. The van der Waals surface area contributed by atoms with Crippen molar-refractivity contribution in [2.45, 2.75) is 12.1 Å². The Hall–Kier alpha value is -1.37. The summed E-state index contributed by atoms with van der Waals surface area (Å²) >= 11 is 0. The highest BCUT2D eigenvalue weighted by molar-refractivity contribution is 7.88. The van der Waals surface area contributed by atoms with Crippen molar-refractivity contribution in [3.8, 4) is 0 Å². The second-order valence-electron chi connectivity index (χ2n) is 3.50. The number of aromatic nitrogens is 1. The van der Waals surface area contributed by atoms with E-state index in [1.165, 1.54) is 0 Å². The lowest BCUT2D eigenvalue weighted by molar-refractivity contribution is 0.414. The molecule has 5 nitrogen and oxygen atoms in total. The quantitative estimate of drug-likeness (QED) is 0.845. The van der Waals surface area contributed by atoms with Crippen molar-refractivity contribution in [2.75, 3.05) is 27.5 Å². The first kappa shape index (κ1) is 3.88. The van der Waals surface area contributed by atoms with Gasteiger partial charge in [-0.05, 0) is 50.5 Å². The SMILES string of the molecule is [2H]c1c(C([2H])([2H])S(=O)(=O)N([2H])C([2H])([2H])[2H])c([2H])c2c(C([2H])([2H])CN(C([2H])([2H])[2H])C([2H])([2H])[2H])c([2H])n([2H])c2c1[2H]. The molecule has 0 fully saturated rings. The van der Waals surface area contributed by atoms with Gasteiger partial charge in [0.25, 0.3) is 0 Å². The van der Waals surface area contributed by atoms with Crippen LogP contribution in [-0.2, 0) is 22.1 Å². The van der Waals surface area contributed by atoms with E-state index in [1.807, 2.05) is 0 Å². The molecule has 2 aromatic rings. The normalized spacial score (nSPS) is 29.8. The van der Waals surface area contributed by atoms with Crippen molar-refractivity contribution in [2.24, 2.45) is 0 Å². The van der Waals surface area contributed by atoms with Crippen molar-refractivity contribution >= 4 is 20.9 Å². The molecule has 6 heteroatoms. The fourth-order valence-electron chi connectivity index (χ4n) is 1.32. The van der Waals surface area contributed by atoms with E-state index in [9.17, 15) is 8.42 Å². The van der Waals surface area contributed by atoms with Gasteiger partial charge in [-0.25, -0.2) is 13.1 Å². The first-order valence-corrected chi connectivity index (χ1v) is 6.45. The third kappa shape index (κ3) is 3.59. The summed E-state index contributed by atoms with van der Waals surface area (Å²) < 4.78 is 172. The Morgan fingerprint density at radius 3 is 3.20 bits per heavy atom. The molecule has 1 heterocycles. The molecule has 20 heavy (non-hydrogen) atoms. The van der Waals surface area contributed by atoms with Gasteiger partial charge in [-0.1, -0.05) is 6.04 Å². The van der Waals surface area contributed by atoms with Crippen LogP contribution in [0.25, 0.3) is 10.9 Å². The Kier molecular flexibility index (Phi) is 1.15. The van der Waals surface area contributed by atoms with Crippen LogP contribution in [0.5, 0.6) is 0 Å². The number of aromatic amines is 1. The van der Waals surface area contributed by atoms with Crippen molar-refractivity contribution in [1.82, 2.24) is 14.6 Å². The molecule has 0 radical (unpaired) electrons. The fourth-order valence-corrected chi connectivity index (χ4v) is 1.73. The lowest BCUT2D eigenvalue weighted by Crippen LogP contribution is -2.20. The van der Waals surface area contributed by atoms with Gasteiger partial charge in [0.15, 0.2) is 1.41 Å². The molecule has 0 bridgehead atoms. The van der Waals surface area contributed by atoms with Crippen LogP contribution in [0.2, 0.25) is 2.82 Å². The number of likely N-dealkylation sites (N-methyl/N-ethyl adjacent to an activating group) is 1. The van der Waals surface area contributed by atoms with Gasteiger partial charge < -0.3 is 9.88 Å². The van der Waals surface area contributed by atoms with E-state index in [0.717, 1.165) is 0 Å². The summed E-state index contributed by atoms with van der Waals surface area (Å²) in [5.41, 5.74) is -7.54. The fraction of sp³-hybridized carbons (Fsp3) is 0.429. The summed E-state index contributed by atoms with van der Waals surface area (Å²) in [6, 6.07) is -3.93. The van der Waals surface area contributed by atoms with E-state index in [0.29, 0.717) is 0 Å². The number of nitrogens with zero attached hydrogens (tertiary/aromatic N) is 1. The lowest BCUT2D eigenvalue weighted by Gasteiger charge is -2.08. The van der Waals surface area contributed by atoms with E-state index >= 15 is 0 Å². The number of benzene rings is 1. The van der Waals surface area contributed by atoms with Gasteiger partial charge in [0.05, 0.1) is 11.2 Å². The average molecular weight is 315 g/mol. The van der Waals surface area contributed by atoms with Crippen LogP contribution in [0.1, 0.15) is 34.4 Å². The highest BCUT2D eigenvalue weighted by Gasteiger charge is 2.11. The van der Waals surface area contributed by atoms with Crippen LogP contribution in [-0.4, -0.2) is 45.8 Å². The molecule has 0 saturated heterocycles. The highest BCUT2D eigenvalue weighted by Crippen LogP contribution is 2.21. The minimum Gasteiger partial charge on any atom is -0.361 e. The van der Waals surface area contributed by atoms with Crippen molar-refractivity contribution in [3.63, 3.8) is 0 Å². The molecule has 0 amide bonds. The first-order valence-electron chi connectivity index (χ1n) is 14.4. The number of hydrogen-bond donors (Lipinski definition) is 2. The van der Waals surface area contributed by atoms with E-state index < -0.39 is 101 Å². The predicted octanol–water partition coefficient (Wildman–Crippen LogP) is 1.32. The molecule has 1 aromatic carbocycles. The number of sulfonamides is 1. The maximum Gasteiger partial charge on any atom is 0.215 e. The smallest absolute Gasteiger partial charge is 0.215 e. The Bertz CT molecular complexity index is 1370. The topological polar surface area (TPSA) is 65.2 Å². The van der Waals surface area contributed by atoms with Crippen molar-refractivity contribution in [1.29, 1.82) is 0 Å². The largest absolute Gasteiger partial charge is 0.361 e. The molecule has 110 valence electrons. The lowest BCUT2D eigenvalue weighted by atomic mass is 10.1. The number of nitrogens with one attached hydrogen (secondary N) is 2. The van der Waals surface area contributed by atoms with Crippen LogP contribution in [0, 0.1) is 0 Å². The third-order valence-corrected chi connectivity index (χ3v) is 2.79. The molecule has 2 N–H and O–H groups in total. The summed E-state index contributed by atoms with van der Waals surface area (Å²) in [4.78, 5) is -0.182. The molecule has 0 aliphatic rings. The molecule has 2 rings (SSSR count). The van der Waals surface area contributed by atoms with Crippen LogP contribution < -0.4 is 4.72 Å². The Morgan fingerprint density at radius 1 is 1.60 bits per heavy atom. The zero-order valence-electron chi connectivity index (χ0n) is 28.8. The van der Waals surface area contributed by atoms with E-state index in [4.69, 9.17) is 26.1 Å². The Morgan fingerprint density at radius 2 is 2.45 bits per heavy atom. The highest BCUT2D eigenvalue weighted by atomic mass is 32.2. The summed E-state index contributed by atoms with van der Waals surface area (Å²) in [5, 5.41) is -0.989. The maximum atomic E-state index is 12.8. The van der Waals surface area contributed by atoms with Crippen LogP contribution in [0.15, 0.2) is 24.3 Å². The van der Waals surface area contributed by atoms with Gasteiger partial charge in [-0.15, -0.1) is 0 Å². The molecule has 0 aliphatic carbocycles. The zero-order chi connectivity index (χ0) is 31.1. The van der Waals surface area contributed by atoms with Crippen molar-refractivity contribution in [3.05, 3.63) is 35.4 Å². The van der Waals surface area contributed by atoms with E-state index in [2.05, 4.69) is 0 Å². The van der Waals surface area contributed by atoms with E-state index in [1.54, 1.807) is 0 Å². The molecular formula is C14H21N3O2S.